The summed E-state index contributed by atoms with van der Waals surface area (Å²) in [4.78, 5) is 30.0. The second kappa shape index (κ2) is 8.86. The van der Waals surface area contributed by atoms with E-state index in [-0.39, 0.29) is 18.0 Å². The molecule has 2 heterocycles. The summed E-state index contributed by atoms with van der Waals surface area (Å²) in [6, 6.07) is 9.39. The van der Waals surface area contributed by atoms with E-state index in [1.807, 2.05) is 24.3 Å². The summed E-state index contributed by atoms with van der Waals surface area (Å²) in [6.45, 7) is 3.33. The fraction of sp³-hybridized carbons (Fsp3) is 0.350. The number of aromatic nitrogens is 1. The van der Waals surface area contributed by atoms with Crippen LogP contribution in [-0.4, -0.2) is 47.6 Å². The maximum Gasteiger partial charge on any atom is 0.409 e. The van der Waals surface area contributed by atoms with Crippen molar-refractivity contribution in [1.29, 1.82) is 0 Å². The van der Waals surface area contributed by atoms with Gasteiger partial charge in [0, 0.05) is 35.6 Å². The van der Waals surface area contributed by atoms with Crippen molar-refractivity contribution in [2.75, 3.05) is 19.7 Å². The van der Waals surface area contributed by atoms with E-state index in [1.165, 1.54) is 6.08 Å². The second-order valence-corrected chi connectivity index (χ2v) is 6.81. The van der Waals surface area contributed by atoms with Gasteiger partial charge >= 0.3 is 6.09 Å². The van der Waals surface area contributed by atoms with Gasteiger partial charge in [-0.05, 0) is 44.0 Å². The maximum atomic E-state index is 12.2. The van der Waals surface area contributed by atoms with Crippen LogP contribution < -0.4 is 5.32 Å². The number of hydrogen-bond donors (Lipinski definition) is 1. The van der Waals surface area contributed by atoms with Crippen LogP contribution in [0.15, 0.2) is 36.4 Å². The van der Waals surface area contributed by atoms with Crippen LogP contribution in [0.1, 0.15) is 25.5 Å². The summed E-state index contributed by atoms with van der Waals surface area (Å²) in [7, 11) is 0. The highest BCUT2D eigenvalue weighted by atomic mass is 35.5. The second-order valence-electron chi connectivity index (χ2n) is 6.38. The lowest BCUT2D eigenvalue weighted by atomic mass is 10.1. The minimum absolute atomic E-state index is 0.0520. The molecule has 3 rings (SSSR count). The van der Waals surface area contributed by atoms with Crippen molar-refractivity contribution >= 4 is 40.6 Å². The monoisotopic (exact) mass is 387 g/mol. The van der Waals surface area contributed by atoms with E-state index >= 15 is 0 Å². The molecule has 0 spiro atoms. The molecule has 1 aromatic carbocycles. The van der Waals surface area contributed by atoms with Crippen molar-refractivity contribution < 1.29 is 14.3 Å². The van der Waals surface area contributed by atoms with Crippen LogP contribution in [0.3, 0.4) is 0 Å². The molecule has 0 atom stereocenters. The molecule has 1 fully saturated rings. The summed E-state index contributed by atoms with van der Waals surface area (Å²) in [5.74, 6) is -0.169. The predicted molar refractivity (Wildman–Crippen MR) is 106 cm³/mol. The fourth-order valence-corrected chi connectivity index (χ4v) is 3.20. The van der Waals surface area contributed by atoms with Gasteiger partial charge in [0.15, 0.2) is 0 Å². The third-order valence-electron chi connectivity index (χ3n) is 4.45. The average molecular weight is 388 g/mol. The number of carbonyl (C=O) groups is 2. The molecule has 27 heavy (non-hydrogen) atoms. The van der Waals surface area contributed by atoms with E-state index in [1.54, 1.807) is 24.0 Å². The van der Waals surface area contributed by atoms with Gasteiger partial charge in [-0.2, -0.15) is 0 Å². The molecule has 142 valence electrons. The van der Waals surface area contributed by atoms with E-state index in [2.05, 4.69) is 10.3 Å². The van der Waals surface area contributed by atoms with Crippen LogP contribution in [0.25, 0.3) is 17.0 Å². The lowest BCUT2D eigenvalue weighted by Gasteiger charge is -2.31. The Balaban J connectivity index is 1.53. The number of pyridine rings is 1. The lowest BCUT2D eigenvalue weighted by Crippen LogP contribution is -2.46. The van der Waals surface area contributed by atoms with E-state index in [0.717, 1.165) is 10.9 Å². The average Bonchev–Trinajstić information content (AvgIpc) is 2.66. The number of nitrogens with one attached hydrogen (secondary N) is 1. The third kappa shape index (κ3) is 5.20. The van der Waals surface area contributed by atoms with E-state index in [0.29, 0.717) is 43.3 Å². The summed E-state index contributed by atoms with van der Waals surface area (Å²) in [5, 5.41) is 4.60. The first-order chi connectivity index (χ1) is 13.0. The van der Waals surface area contributed by atoms with Gasteiger partial charge < -0.3 is 15.0 Å². The minimum atomic E-state index is -0.287. The summed E-state index contributed by atoms with van der Waals surface area (Å²) in [6.07, 6.45) is 4.31. The van der Waals surface area contributed by atoms with Gasteiger partial charge in [0.1, 0.15) is 0 Å². The number of fused-ring (bicyclic) bond motifs is 1. The highest BCUT2D eigenvalue weighted by molar-refractivity contribution is 6.31. The summed E-state index contributed by atoms with van der Waals surface area (Å²) in [5.41, 5.74) is 1.48. The number of carbonyl (C=O) groups excluding carboxylic acids is 2. The molecule has 2 aromatic rings. The molecule has 1 aliphatic rings. The van der Waals surface area contributed by atoms with Crippen LogP contribution >= 0.6 is 11.6 Å². The Morgan fingerprint density at radius 3 is 2.78 bits per heavy atom. The Morgan fingerprint density at radius 2 is 2.04 bits per heavy atom. The first-order valence-electron chi connectivity index (χ1n) is 9.01. The molecule has 2 amide bonds. The topological polar surface area (TPSA) is 71.5 Å². The SMILES string of the molecule is CCOC(=O)N1CCC(NC(=O)C=Cc2ccc3ccc(Cl)cc3n2)CC1. The van der Waals surface area contributed by atoms with Crippen molar-refractivity contribution in [3.63, 3.8) is 0 Å². The quantitative estimate of drug-likeness (QED) is 0.813. The molecule has 0 radical (unpaired) electrons. The number of nitrogens with zero attached hydrogens (tertiary/aromatic N) is 2. The molecule has 0 unspecified atom stereocenters. The van der Waals surface area contributed by atoms with Crippen LogP contribution in [-0.2, 0) is 9.53 Å². The number of likely N-dealkylation sites (tertiary alicyclic amines) is 1. The summed E-state index contributed by atoms with van der Waals surface area (Å²) < 4.78 is 5.00. The van der Waals surface area contributed by atoms with Gasteiger partial charge in [-0.3, -0.25) is 4.79 Å². The normalized spacial score (nSPS) is 15.3. The standard InChI is InChI=1S/C20H22ClN3O3/c1-2-27-20(26)24-11-9-17(10-12-24)23-19(25)8-7-16-6-4-14-3-5-15(21)13-18(14)22-16/h3-8,13,17H,2,9-12H2,1H3,(H,23,25). The number of piperidine rings is 1. The number of hydrogen-bond acceptors (Lipinski definition) is 4. The Morgan fingerprint density at radius 1 is 1.30 bits per heavy atom. The van der Waals surface area contributed by atoms with Gasteiger partial charge in [0.05, 0.1) is 17.8 Å². The molecular weight excluding hydrogens is 366 g/mol. The van der Waals surface area contributed by atoms with Crippen molar-refractivity contribution in [2.24, 2.45) is 0 Å². The van der Waals surface area contributed by atoms with Crippen molar-refractivity contribution in [3.05, 3.63) is 47.1 Å². The first kappa shape index (κ1) is 19.2. The molecule has 1 aromatic heterocycles. The van der Waals surface area contributed by atoms with Gasteiger partial charge in [-0.15, -0.1) is 0 Å². The molecule has 0 saturated carbocycles. The molecule has 6 nitrogen and oxygen atoms in total. The van der Waals surface area contributed by atoms with E-state index in [4.69, 9.17) is 16.3 Å². The number of amides is 2. The van der Waals surface area contributed by atoms with Crippen LogP contribution in [0.4, 0.5) is 4.79 Å². The van der Waals surface area contributed by atoms with Crippen molar-refractivity contribution in [2.45, 2.75) is 25.8 Å². The summed E-state index contributed by atoms with van der Waals surface area (Å²) >= 11 is 6.00. The largest absolute Gasteiger partial charge is 0.450 e. The maximum absolute atomic E-state index is 12.2. The van der Waals surface area contributed by atoms with Gasteiger partial charge in [0.2, 0.25) is 5.91 Å². The predicted octanol–water partition coefficient (Wildman–Crippen LogP) is 3.64. The molecule has 1 N–H and O–H groups in total. The third-order valence-corrected chi connectivity index (χ3v) is 4.68. The van der Waals surface area contributed by atoms with Crippen molar-refractivity contribution in [1.82, 2.24) is 15.2 Å². The lowest BCUT2D eigenvalue weighted by molar-refractivity contribution is -0.117. The molecule has 1 saturated heterocycles. The Labute approximate surface area is 163 Å². The zero-order valence-corrected chi connectivity index (χ0v) is 15.9. The highest BCUT2D eigenvalue weighted by Gasteiger charge is 2.23. The first-order valence-corrected chi connectivity index (χ1v) is 9.39. The minimum Gasteiger partial charge on any atom is -0.450 e. The fourth-order valence-electron chi connectivity index (χ4n) is 3.03. The Kier molecular flexibility index (Phi) is 6.29. The molecule has 0 aliphatic carbocycles. The van der Waals surface area contributed by atoms with Crippen LogP contribution in [0.5, 0.6) is 0 Å². The zero-order valence-electron chi connectivity index (χ0n) is 15.2. The highest BCUT2D eigenvalue weighted by Crippen LogP contribution is 2.18. The molecular formula is C20H22ClN3O3. The molecule has 7 heteroatoms. The molecule has 0 bridgehead atoms. The van der Waals surface area contributed by atoms with Gasteiger partial charge in [0.25, 0.3) is 0 Å². The van der Waals surface area contributed by atoms with E-state index in [9.17, 15) is 9.59 Å². The number of rotatable bonds is 4. The van der Waals surface area contributed by atoms with E-state index < -0.39 is 0 Å². The number of benzene rings is 1. The Hall–Kier alpha value is -2.60. The van der Waals surface area contributed by atoms with Gasteiger partial charge in [-0.1, -0.05) is 23.7 Å². The Bertz CT molecular complexity index is 861. The number of ether oxygens (including phenoxy) is 1. The zero-order chi connectivity index (χ0) is 19.2. The van der Waals surface area contributed by atoms with Crippen LogP contribution in [0.2, 0.25) is 5.02 Å². The van der Waals surface area contributed by atoms with Crippen LogP contribution in [0, 0.1) is 0 Å². The smallest absolute Gasteiger partial charge is 0.409 e. The van der Waals surface area contributed by atoms with Crippen molar-refractivity contribution in [3.8, 4) is 0 Å². The van der Waals surface area contributed by atoms with Gasteiger partial charge in [-0.25, -0.2) is 9.78 Å². The number of halogens is 1. The molecule has 1 aliphatic heterocycles.